The van der Waals surface area contributed by atoms with E-state index in [9.17, 15) is 4.79 Å². The number of piperidine rings is 1. The molecule has 1 spiro atoms. The Kier molecular flexibility index (Phi) is 5.82. The van der Waals surface area contributed by atoms with Crippen LogP contribution in [0.5, 0.6) is 0 Å². The van der Waals surface area contributed by atoms with Crippen molar-refractivity contribution >= 4 is 6.09 Å². The molecule has 150 valence electrons. The smallest absolute Gasteiger partial charge is 0.410 e. The Labute approximate surface area is 164 Å². The summed E-state index contributed by atoms with van der Waals surface area (Å²) in [5.74, 6) is 0. The van der Waals surface area contributed by atoms with Crippen LogP contribution in [0.4, 0.5) is 4.79 Å². The van der Waals surface area contributed by atoms with Gasteiger partial charge in [0.1, 0.15) is 5.60 Å². The summed E-state index contributed by atoms with van der Waals surface area (Å²) in [7, 11) is 4.06. The van der Waals surface area contributed by atoms with E-state index in [2.05, 4.69) is 54.8 Å². The molecule has 2 fully saturated rings. The predicted molar refractivity (Wildman–Crippen MR) is 109 cm³/mol. The van der Waals surface area contributed by atoms with E-state index in [-0.39, 0.29) is 17.1 Å². The number of benzene rings is 1. The van der Waals surface area contributed by atoms with Gasteiger partial charge in [-0.2, -0.15) is 0 Å². The maximum atomic E-state index is 12.2. The minimum absolute atomic E-state index is 0.136. The van der Waals surface area contributed by atoms with Crippen LogP contribution >= 0.6 is 0 Å². The molecule has 0 aromatic heterocycles. The van der Waals surface area contributed by atoms with Crippen LogP contribution in [0.3, 0.4) is 0 Å². The van der Waals surface area contributed by atoms with E-state index in [1.165, 1.54) is 11.1 Å². The summed E-state index contributed by atoms with van der Waals surface area (Å²) in [4.78, 5) is 18.7. The van der Waals surface area contributed by atoms with E-state index in [0.717, 1.165) is 52.1 Å². The van der Waals surface area contributed by atoms with Crippen molar-refractivity contribution in [2.45, 2.75) is 51.2 Å². The molecule has 0 aliphatic carbocycles. The Morgan fingerprint density at radius 1 is 1.11 bits per heavy atom. The number of carbonyl (C=O) groups is 1. The summed E-state index contributed by atoms with van der Waals surface area (Å²) in [6, 6.07) is 9.01. The first-order chi connectivity index (χ1) is 12.7. The SMILES string of the molecule is CN(C)CCN1CC2(CCN(Cc3ccc(C(C)(C)C)cc3)CC2)OC1=O. The molecule has 3 rings (SSSR count). The third kappa shape index (κ3) is 5.02. The summed E-state index contributed by atoms with van der Waals surface area (Å²) in [5.41, 5.74) is 2.66. The van der Waals surface area contributed by atoms with Crippen molar-refractivity contribution in [1.29, 1.82) is 0 Å². The number of likely N-dealkylation sites (N-methyl/N-ethyl adjacent to an activating group) is 1. The third-order valence-corrected chi connectivity index (χ3v) is 5.85. The highest BCUT2D eigenvalue weighted by atomic mass is 16.6. The van der Waals surface area contributed by atoms with Crippen molar-refractivity contribution in [3.63, 3.8) is 0 Å². The zero-order valence-electron chi connectivity index (χ0n) is 17.6. The number of nitrogens with zero attached hydrogens (tertiary/aromatic N) is 3. The highest BCUT2D eigenvalue weighted by molar-refractivity contribution is 5.70. The van der Waals surface area contributed by atoms with Crippen molar-refractivity contribution in [1.82, 2.24) is 14.7 Å². The molecule has 0 bridgehead atoms. The van der Waals surface area contributed by atoms with Crippen LogP contribution < -0.4 is 0 Å². The number of rotatable bonds is 5. The molecule has 27 heavy (non-hydrogen) atoms. The van der Waals surface area contributed by atoms with Crippen LogP contribution in [-0.2, 0) is 16.7 Å². The number of ether oxygens (including phenoxy) is 1. The van der Waals surface area contributed by atoms with Crippen molar-refractivity contribution in [2.24, 2.45) is 0 Å². The Morgan fingerprint density at radius 3 is 2.30 bits per heavy atom. The molecular weight excluding hydrogens is 338 g/mol. The van der Waals surface area contributed by atoms with Gasteiger partial charge in [0.2, 0.25) is 0 Å². The van der Waals surface area contributed by atoms with Gasteiger partial charge in [0.05, 0.1) is 6.54 Å². The Morgan fingerprint density at radius 2 is 1.74 bits per heavy atom. The van der Waals surface area contributed by atoms with Crippen molar-refractivity contribution < 1.29 is 9.53 Å². The van der Waals surface area contributed by atoms with Gasteiger partial charge in [-0.05, 0) is 30.6 Å². The minimum Gasteiger partial charge on any atom is -0.441 e. The fraction of sp³-hybridized carbons (Fsp3) is 0.682. The van der Waals surface area contributed by atoms with Crippen LogP contribution in [-0.4, -0.2) is 73.2 Å². The standard InChI is InChI=1S/C22H35N3O2/c1-21(2,3)19-8-6-18(7-9-19)16-24-12-10-22(11-13-24)17-25(20(26)27-22)15-14-23(4)5/h6-9H,10-17H2,1-5H3. The van der Waals surface area contributed by atoms with E-state index in [1.54, 1.807) is 0 Å². The van der Waals surface area contributed by atoms with Gasteiger partial charge in [-0.1, -0.05) is 45.0 Å². The van der Waals surface area contributed by atoms with Crippen LogP contribution in [0.25, 0.3) is 0 Å². The van der Waals surface area contributed by atoms with Crippen LogP contribution in [0, 0.1) is 0 Å². The lowest BCUT2D eigenvalue weighted by Gasteiger charge is -2.37. The fourth-order valence-electron chi connectivity index (χ4n) is 3.93. The van der Waals surface area contributed by atoms with E-state index in [0.29, 0.717) is 0 Å². The highest BCUT2D eigenvalue weighted by Crippen LogP contribution is 2.33. The van der Waals surface area contributed by atoms with E-state index < -0.39 is 0 Å². The molecule has 2 aliphatic rings. The lowest BCUT2D eigenvalue weighted by molar-refractivity contribution is -0.00125. The second kappa shape index (κ2) is 7.80. The summed E-state index contributed by atoms with van der Waals surface area (Å²) in [5, 5.41) is 0. The molecule has 0 radical (unpaired) electrons. The van der Waals surface area contributed by atoms with Crippen molar-refractivity contribution in [3.05, 3.63) is 35.4 Å². The largest absolute Gasteiger partial charge is 0.441 e. The first-order valence-electron chi connectivity index (χ1n) is 10.1. The molecular formula is C22H35N3O2. The zero-order valence-corrected chi connectivity index (χ0v) is 17.6. The first-order valence-corrected chi connectivity index (χ1v) is 10.1. The molecule has 2 heterocycles. The molecule has 0 N–H and O–H groups in total. The molecule has 0 saturated carbocycles. The van der Waals surface area contributed by atoms with E-state index in [4.69, 9.17) is 4.74 Å². The second-order valence-electron chi connectivity index (χ2n) is 9.50. The number of carbonyl (C=O) groups excluding carboxylic acids is 1. The summed E-state index contributed by atoms with van der Waals surface area (Å²) in [6.07, 6.45) is 1.72. The normalized spacial score (nSPS) is 20.5. The maximum Gasteiger partial charge on any atom is 0.410 e. The van der Waals surface area contributed by atoms with Gasteiger partial charge in [-0.25, -0.2) is 4.79 Å². The van der Waals surface area contributed by atoms with Gasteiger partial charge in [-0.3, -0.25) is 4.90 Å². The molecule has 5 heteroatoms. The molecule has 1 aromatic carbocycles. The van der Waals surface area contributed by atoms with E-state index in [1.807, 2.05) is 19.0 Å². The average Bonchev–Trinajstić information content (AvgIpc) is 2.90. The Bertz CT molecular complexity index is 641. The fourth-order valence-corrected chi connectivity index (χ4v) is 3.93. The number of hydrogen-bond donors (Lipinski definition) is 0. The van der Waals surface area contributed by atoms with Crippen LogP contribution in [0.15, 0.2) is 24.3 Å². The molecule has 0 atom stereocenters. The molecule has 5 nitrogen and oxygen atoms in total. The van der Waals surface area contributed by atoms with Crippen LogP contribution in [0.1, 0.15) is 44.7 Å². The van der Waals surface area contributed by atoms with Gasteiger partial charge in [0.15, 0.2) is 0 Å². The van der Waals surface area contributed by atoms with Crippen LogP contribution in [0.2, 0.25) is 0 Å². The summed E-state index contributed by atoms with van der Waals surface area (Å²) < 4.78 is 5.83. The molecule has 2 saturated heterocycles. The topological polar surface area (TPSA) is 36.0 Å². The number of likely N-dealkylation sites (tertiary alicyclic amines) is 1. The quantitative estimate of drug-likeness (QED) is 0.793. The minimum atomic E-state index is -0.268. The summed E-state index contributed by atoms with van der Waals surface area (Å²) in [6.45, 7) is 12.0. The van der Waals surface area contributed by atoms with Gasteiger partial charge < -0.3 is 14.5 Å². The second-order valence-corrected chi connectivity index (χ2v) is 9.50. The monoisotopic (exact) mass is 373 g/mol. The average molecular weight is 374 g/mol. The molecule has 1 aromatic rings. The highest BCUT2D eigenvalue weighted by Gasteiger charge is 2.46. The first kappa shape index (κ1) is 20.2. The van der Waals surface area contributed by atoms with Crippen molar-refractivity contribution in [2.75, 3.05) is 46.8 Å². The zero-order chi connectivity index (χ0) is 19.7. The van der Waals surface area contributed by atoms with Gasteiger partial charge in [-0.15, -0.1) is 0 Å². The van der Waals surface area contributed by atoms with Crippen molar-refractivity contribution in [3.8, 4) is 0 Å². The lowest BCUT2D eigenvalue weighted by Crippen LogP contribution is -2.46. The predicted octanol–water partition coefficient (Wildman–Crippen LogP) is 3.33. The van der Waals surface area contributed by atoms with E-state index >= 15 is 0 Å². The van der Waals surface area contributed by atoms with Gasteiger partial charge in [0, 0.05) is 45.6 Å². The summed E-state index contributed by atoms with van der Waals surface area (Å²) >= 11 is 0. The molecule has 2 aliphatic heterocycles. The number of amides is 1. The lowest BCUT2D eigenvalue weighted by atomic mass is 9.86. The Hall–Kier alpha value is -1.59. The number of hydrogen-bond acceptors (Lipinski definition) is 4. The molecule has 1 amide bonds. The third-order valence-electron chi connectivity index (χ3n) is 5.85. The maximum absolute atomic E-state index is 12.2. The van der Waals surface area contributed by atoms with Gasteiger partial charge >= 0.3 is 6.09 Å². The molecule has 0 unspecified atom stereocenters. The Balaban J connectivity index is 1.51. The van der Waals surface area contributed by atoms with Gasteiger partial charge in [0.25, 0.3) is 0 Å².